The molecule has 2 aromatic heterocycles. The Bertz CT molecular complexity index is 926. The van der Waals surface area contributed by atoms with Gasteiger partial charge in [0.25, 0.3) is 5.56 Å². The number of nitrogens with one attached hydrogen (secondary N) is 1. The lowest BCUT2D eigenvalue weighted by molar-refractivity contribution is -0.213. The van der Waals surface area contributed by atoms with E-state index in [4.69, 9.17) is 19.9 Å². The van der Waals surface area contributed by atoms with E-state index in [9.17, 15) is 14.8 Å². The van der Waals surface area contributed by atoms with Gasteiger partial charge in [0.2, 0.25) is 5.95 Å². The number of ether oxygens (including phenoxy) is 1. The molecule has 4 atom stereocenters. The minimum absolute atomic E-state index is 0.0729. The molecule has 1 unspecified atom stereocenters. The molecule has 0 amide bonds. The van der Waals surface area contributed by atoms with E-state index >= 15 is 0 Å². The first-order valence-corrected chi connectivity index (χ1v) is 9.82. The Labute approximate surface area is 146 Å². The molecule has 0 aliphatic carbocycles. The van der Waals surface area contributed by atoms with Crippen molar-refractivity contribution in [3.63, 3.8) is 0 Å². The van der Waals surface area contributed by atoms with E-state index in [1.807, 2.05) is 0 Å². The molecule has 3 rings (SSSR count). The summed E-state index contributed by atoms with van der Waals surface area (Å²) in [5, 5.41) is 10.4. The highest BCUT2D eigenvalue weighted by atomic mass is 32.5. The number of hydrogen-bond acceptors (Lipinski definition) is 9. The maximum absolute atomic E-state index is 11.9. The number of H-pyrrole nitrogens is 1. The highest BCUT2D eigenvalue weighted by Gasteiger charge is 2.52. The van der Waals surface area contributed by atoms with Crippen LogP contribution in [0.15, 0.2) is 11.1 Å². The standard InChI is InChI=1S/C12H18N5O6PS/c1-11(4-22-24(20,21)25)6(18)3-12(2,23-11)17-5-14-7-8(17)15-10(13)16-9(7)19/h5-6,18H,3-4H2,1-2H3,(H2,20,21,25)(H3,13,15,16,19)/p-1/t6-,11-,12-/m1/s1. The lowest BCUT2D eigenvalue weighted by Gasteiger charge is -2.33. The Morgan fingerprint density at radius 3 is 3.00 bits per heavy atom. The van der Waals surface area contributed by atoms with Crippen LogP contribution < -0.4 is 16.2 Å². The van der Waals surface area contributed by atoms with Gasteiger partial charge in [0.1, 0.15) is 18.0 Å². The topological polar surface area (TPSA) is 172 Å². The summed E-state index contributed by atoms with van der Waals surface area (Å²) in [6, 6.07) is 0. The number of fused-ring (bicyclic) bond motifs is 1. The Kier molecular flexibility index (Phi) is 4.27. The number of hydrogen-bond donors (Lipinski definition) is 4. The summed E-state index contributed by atoms with van der Waals surface area (Å²) in [7, 11) is 0. The van der Waals surface area contributed by atoms with Crippen LogP contribution in [0.2, 0.25) is 0 Å². The zero-order chi connectivity index (χ0) is 18.6. The lowest BCUT2D eigenvalue weighted by atomic mass is 9.99. The number of aliphatic hydroxyl groups is 1. The molecule has 0 aromatic carbocycles. The normalized spacial score (nSPS) is 32.1. The van der Waals surface area contributed by atoms with Crippen LogP contribution >= 0.6 is 6.72 Å². The first kappa shape index (κ1) is 18.4. The average Bonchev–Trinajstić information content (AvgIpc) is 2.97. The van der Waals surface area contributed by atoms with Crippen LogP contribution in [0.3, 0.4) is 0 Å². The van der Waals surface area contributed by atoms with Crippen molar-refractivity contribution < 1.29 is 24.2 Å². The second-order valence-electron chi connectivity index (χ2n) is 6.29. The van der Waals surface area contributed by atoms with Crippen LogP contribution in [-0.2, 0) is 26.8 Å². The van der Waals surface area contributed by atoms with Gasteiger partial charge in [-0.1, -0.05) is 11.8 Å². The van der Waals surface area contributed by atoms with E-state index in [2.05, 4.69) is 26.8 Å². The largest absolute Gasteiger partial charge is 0.780 e. The third-order valence-electron chi connectivity index (χ3n) is 4.18. The molecule has 5 N–H and O–H groups in total. The number of imidazole rings is 1. The van der Waals surface area contributed by atoms with Gasteiger partial charge in [-0.3, -0.25) is 14.3 Å². The molecule has 1 saturated heterocycles. The number of nitrogens with zero attached hydrogens (tertiary/aromatic N) is 3. The van der Waals surface area contributed by atoms with Crippen molar-refractivity contribution in [3.8, 4) is 0 Å². The zero-order valence-corrected chi connectivity index (χ0v) is 15.1. The quantitative estimate of drug-likeness (QED) is 0.451. The molecule has 0 spiro atoms. The minimum atomic E-state index is -4.14. The number of aliphatic hydroxyl groups excluding tert-OH is 1. The third-order valence-corrected chi connectivity index (χ3v) is 4.95. The maximum atomic E-state index is 11.9. The summed E-state index contributed by atoms with van der Waals surface area (Å²) in [6.45, 7) is -1.34. The fourth-order valence-electron chi connectivity index (χ4n) is 2.94. The van der Waals surface area contributed by atoms with Crippen LogP contribution in [0, 0.1) is 0 Å². The first-order chi connectivity index (χ1) is 11.4. The summed E-state index contributed by atoms with van der Waals surface area (Å²) in [4.78, 5) is 42.7. The van der Waals surface area contributed by atoms with Crippen molar-refractivity contribution in [1.29, 1.82) is 0 Å². The fourth-order valence-corrected chi connectivity index (χ4v) is 3.52. The molecule has 1 aliphatic rings. The monoisotopic (exact) mass is 390 g/mol. The molecule has 2 aromatic rings. The van der Waals surface area contributed by atoms with Crippen LogP contribution in [0.25, 0.3) is 11.2 Å². The SMILES string of the molecule is C[C@]1(COP([O-])(O)=S)O[C@@](C)(n2cnc3c(=O)[nH]c(N)nc32)C[C@H]1O. The molecular formula is C12H17N5O6PS-. The summed E-state index contributed by atoms with van der Waals surface area (Å²) in [5.41, 5.74) is 2.91. The molecule has 0 bridgehead atoms. The highest BCUT2D eigenvalue weighted by molar-refractivity contribution is 8.06. The van der Waals surface area contributed by atoms with Crippen molar-refractivity contribution in [1.82, 2.24) is 19.5 Å². The number of nitrogen functional groups attached to an aromatic ring is 1. The Hall–Kier alpha value is -1.40. The molecule has 25 heavy (non-hydrogen) atoms. The third kappa shape index (κ3) is 3.34. The molecule has 3 heterocycles. The van der Waals surface area contributed by atoms with Gasteiger partial charge in [-0.15, -0.1) is 0 Å². The van der Waals surface area contributed by atoms with Crippen molar-refractivity contribution >= 4 is 35.6 Å². The number of nitrogens with two attached hydrogens (primary N) is 1. The van der Waals surface area contributed by atoms with Gasteiger partial charge < -0.3 is 29.9 Å². The van der Waals surface area contributed by atoms with Crippen LogP contribution in [-0.4, -0.2) is 47.8 Å². The summed E-state index contributed by atoms with van der Waals surface area (Å²) in [6.07, 6.45) is 0.422. The second-order valence-corrected chi connectivity index (χ2v) is 8.87. The van der Waals surface area contributed by atoms with Crippen molar-refractivity contribution in [2.75, 3.05) is 12.3 Å². The molecule has 1 fully saturated rings. The highest BCUT2D eigenvalue weighted by Crippen LogP contribution is 2.44. The number of anilines is 1. The summed E-state index contributed by atoms with van der Waals surface area (Å²) in [5.74, 6) is -0.0835. The van der Waals surface area contributed by atoms with Gasteiger partial charge in [-0.25, -0.2) is 4.98 Å². The van der Waals surface area contributed by atoms with Gasteiger partial charge in [0.15, 0.2) is 11.2 Å². The maximum Gasteiger partial charge on any atom is 0.280 e. The van der Waals surface area contributed by atoms with E-state index in [1.165, 1.54) is 17.8 Å². The second kappa shape index (κ2) is 5.81. The predicted octanol–water partition coefficient (Wildman–Crippen LogP) is -1.49. The van der Waals surface area contributed by atoms with E-state index in [0.717, 1.165) is 0 Å². The van der Waals surface area contributed by atoms with E-state index in [-0.39, 0.29) is 30.1 Å². The Morgan fingerprint density at radius 2 is 2.36 bits per heavy atom. The number of aromatic amines is 1. The first-order valence-electron chi connectivity index (χ1n) is 7.23. The number of rotatable bonds is 4. The zero-order valence-electron chi connectivity index (χ0n) is 13.4. The van der Waals surface area contributed by atoms with Gasteiger partial charge in [-0.2, -0.15) is 4.98 Å². The van der Waals surface area contributed by atoms with Crippen molar-refractivity contribution in [2.45, 2.75) is 37.7 Å². The average molecular weight is 390 g/mol. The van der Waals surface area contributed by atoms with Crippen LogP contribution in [0.1, 0.15) is 20.3 Å². The smallest absolute Gasteiger partial charge is 0.280 e. The molecule has 13 heteroatoms. The molecule has 0 saturated carbocycles. The Morgan fingerprint density at radius 1 is 1.68 bits per heavy atom. The van der Waals surface area contributed by atoms with Crippen molar-refractivity contribution in [2.24, 2.45) is 0 Å². The summed E-state index contributed by atoms with van der Waals surface area (Å²) >= 11 is 4.31. The van der Waals surface area contributed by atoms with Crippen LogP contribution in [0.5, 0.6) is 0 Å². The minimum Gasteiger partial charge on any atom is -0.780 e. The van der Waals surface area contributed by atoms with Gasteiger partial charge in [0.05, 0.1) is 19.0 Å². The lowest BCUT2D eigenvalue weighted by Crippen LogP contribution is -2.42. The molecular weight excluding hydrogens is 373 g/mol. The van der Waals surface area contributed by atoms with Crippen LogP contribution in [0.4, 0.5) is 5.95 Å². The summed E-state index contributed by atoms with van der Waals surface area (Å²) < 4.78 is 12.2. The van der Waals surface area contributed by atoms with E-state index < -0.39 is 29.7 Å². The molecule has 0 radical (unpaired) electrons. The molecule has 11 nitrogen and oxygen atoms in total. The number of aromatic nitrogens is 4. The fraction of sp³-hybridized carbons (Fsp3) is 0.583. The van der Waals surface area contributed by atoms with Gasteiger partial charge >= 0.3 is 0 Å². The van der Waals surface area contributed by atoms with Gasteiger partial charge in [-0.05, 0) is 13.8 Å². The van der Waals surface area contributed by atoms with Crippen molar-refractivity contribution in [3.05, 3.63) is 16.7 Å². The Balaban J connectivity index is 1.98. The van der Waals surface area contributed by atoms with E-state index in [0.29, 0.717) is 0 Å². The van der Waals surface area contributed by atoms with Gasteiger partial charge in [0, 0.05) is 6.42 Å². The molecule has 1 aliphatic heterocycles. The predicted molar refractivity (Wildman–Crippen MR) is 88.8 cm³/mol. The molecule has 138 valence electrons. The van der Waals surface area contributed by atoms with E-state index in [1.54, 1.807) is 6.92 Å².